The van der Waals surface area contributed by atoms with E-state index in [1.165, 1.54) is 69.9 Å². The Labute approximate surface area is 158 Å². The van der Waals surface area contributed by atoms with E-state index in [0.29, 0.717) is 0 Å². The predicted octanol–water partition coefficient (Wildman–Crippen LogP) is 4.99. The molecule has 140 valence electrons. The quantitative estimate of drug-likeness (QED) is 0.767. The van der Waals surface area contributed by atoms with E-state index in [1.807, 2.05) is 0 Å². The van der Waals surface area contributed by atoms with E-state index in [0.717, 1.165) is 47.8 Å². The van der Waals surface area contributed by atoms with E-state index < -0.39 is 0 Å². The minimum absolute atomic E-state index is 0.791. The van der Waals surface area contributed by atoms with Gasteiger partial charge < -0.3 is 10.2 Å². The molecule has 8 unspecified atom stereocenters. The van der Waals surface area contributed by atoms with Gasteiger partial charge in [-0.3, -0.25) is 0 Å². The first-order chi connectivity index (χ1) is 12.9. The summed E-state index contributed by atoms with van der Waals surface area (Å²) in [5, 5.41) is 4.13. The highest BCUT2D eigenvalue weighted by molar-refractivity contribution is 5.51. The molecule has 1 aromatic rings. The fraction of sp³-hybridized carbons (Fsp3) is 0.750. The number of para-hydroxylation sites is 1. The van der Waals surface area contributed by atoms with Crippen molar-refractivity contribution in [1.82, 2.24) is 5.32 Å². The molecule has 0 radical (unpaired) electrons. The summed E-state index contributed by atoms with van der Waals surface area (Å²) in [6.07, 6.45) is 14.7. The topological polar surface area (TPSA) is 15.3 Å². The van der Waals surface area contributed by atoms with Crippen LogP contribution in [-0.2, 0) is 0 Å². The molecule has 8 atom stereocenters. The molecule has 2 aliphatic heterocycles. The predicted molar refractivity (Wildman–Crippen MR) is 107 cm³/mol. The Hall–Kier alpha value is -1.02. The molecule has 6 rings (SSSR count). The van der Waals surface area contributed by atoms with Crippen molar-refractivity contribution >= 4 is 5.69 Å². The fourth-order valence-corrected chi connectivity index (χ4v) is 8.06. The summed E-state index contributed by atoms with van der Waals surface area (Å²) in [6.45, 7) is 0. The van der Waals surface area contributed by atoms with Crippen LogP contribution < -0.4 is 10.2 Å². The van der Waals surface area contributed by atoms with E-state index >= 15 is 0 Å². The van der Waals surface area contributed by atoms with Crippen LogP contribution >= 0.6 is 0 Å². The molecule has 0 spiro atoms. The number of hydrogen-bond donors (Lipinski definition) is 1. The minimum Gasteiger partial charge on any atom is -0.365 e. The average molecular weight is 351 g/mol. The van der Waals surface area contributed by atoms with Crippen LogP contribution in [0.4, 0.5) is 5.69 Å². The lowest BCUT2D eigenvalue weighted by Crippen LogP contribution is -2.47. The van der Waals surface area contributed by atoms with E-state index in [1.54, 1.807) is 0 Å². The second-order valence-corrected chi connectivity index (χ2v) is 9.95. The van der Waals surface area contributed by atoms with Crippen LogP contribution in [0, 0.1) is 23.7 Å². The van der Waals surface area contributed by atoms with Crippen molar-refractivity contribution < 1.29 is 0 Å². The highest BCUT2D eigenvalue weighted by Crippen LogP contribution is 2.55. The third-order valence-corrected chi connectivity index (χ3v) is 8.95. The van der Waals surface area contributed by atoms with Gasteiger partial charge in [-0.1, -0.05) is 43.9 Å². The standard InChI is InChI=1S/C24H34N2/c1-2-8-16(9-3-1)26-23-13-7-5-11-18(23)20-14-19-17-10-4-6-12-21(17)25-22(19)15-24(20)26/h1-3,8-9,17-25H,4-7,10-15H2. The molecule has 0 amide bonds. The van der Waals surface area contributed by atoms with Crippen molar-refractivity contribution in [2.45, 2.75) is 88.4 Å². The van der Waals surface area contributed by atoms with Gasteiger partial charge in [0.2, 0.25) is 0 Å². The monoisotopic (exact) mass is 350 g/mol. The summed E-state index contributed by atoms with van der Waals surface area (Å²) >= 11 is 0. The zero-order chi connectivity index (χ0) is 17.1. The van der Waals surface area contributed by atoms with Crippen LogP contribution in [0.5, 0.6) is 0 Å². The van der Waals surface area contributed by atoms with Gasteiger partial charge in [0.25, 0.3) is 0 Å². The molecule has 5 fully saturated rings. The van der Waals surface area contributed by atoms with E-state index in [-0.39, 0.29) is 0 Å². The van der Waals surface area contributed by atoms with Crippen molar-refractivity contribution in [3.05, 3.63) is 30.3 Å². The normalized spacial score (nSPS) is 47.0. The summed E-state index contributed by atoms with van der Waals surface area (Å²) in [5.41, 5.74) is 1.51. The number of anilines is 1. The number of hydrogen-bond acceptors (Lipinski definition) is 2. The summed E-state index contributed by atoms with van der Waals surface area (Å²) < 4.78 is 0. The summed E-state index contributed by atoms with van der Waals surface area (Å²) in [4.78, 5) is 2.91. The summed E-state index contributed by atoms with van der Waals surface area (Å²) in [6, 6.07) is 14.7. The number of rotatable bonds is 1. The number of nitrogens with one attached hydrogen (secondary N) is 1. The molecule has 2 nitrogen and oxygen atoms in total. The summed E-state index contributed by atoms with van der Waals surface area (Å²) in [7, 11) is 0. The van der Waals surface area contributed by atoms with Gasteiger partial charge in [0, 0.05) is 29.9 Å². The molecule has 0 bridgehead atoms. The Morgan fingerprint density at radius 3 is 2.31 bits per heavy atom. The molecule has 2 heterocycles. The Bertz CT molecular complexity index is 643. The molecule has 3 aliphatic carbocycles. The Balaban J connectivity index is 1.34. The van der Waals surface area contributed by atoms with E-state index in [9.17, 15) is 0 Å². The largest absolute Gasteiger partial charge is 0.365 e. The number of nitrogens with zero attached hydrogens (tertiary/aromatic N) is 1. The van der Waals surface area contributed by atoms with Crippen molar-refractivity contribution in [3.63, 3.8) is 0 Å². The first-order valence-electron chi connectivity index (χ1n) is 11.5. The van der Waals surface area contributed by atoms with Crippen LogP contribution in [0.25, 0.3) is 0 Å². The van der Waals surface area contributed by atoms with Gasteiger partial charge in [0.15, 0.2) is 0 Å². The van der Waals surface area contributed by atoms with Gasteiger partial charge in [-0.15, -0.1) is 0 Å². The van der Waals surface area contributed by atoms with Gasteiger partial charge in [-0.05, 0) is 74.3 Å². The lowest BCUT2D eigenvalue weighted by molar-refractivity contribution is 0.145. The third-order valence-electron chi connectivity index (χ3n) is 8.95. The highest BCUT2D eigenvalue weighted by atomic mass is 15.2. The molecule has 1 N–H and O–H groups in total. The maximum Gasteiger partial charge on any atom is 0.0371 e. The molecule has 26 heavy (non-hydrogen) atoms. The molecule has 3 saturated carbocycles. The maximum atomic E-state index is 4.13. The second-order valence-electron chi connectivity index (χ2n) is 9.95. The lowest BCUT2D eigenvalue weighted by Gasteiger charge is -2.41. The zero-order valence-corrected chi connectivity index (χ0v) is 16.0. The van der Waals surface area contributed by atoms with Gasteiger partial charge in [0.05, 0.1) is 0 Å². The molecular weight excluding hydrogens is 316 g/mol. The van der Waals surface area contributed by atoms with Crippen molar-refractivity contribution in [3.8, 4) is 0 Å². The van der Waals surface area contributed by atoms with Crippen molar-refractivity contribution in [2.24, 2.45) is 23.7 Å². The van der Waals surface area contributed by atoms with Crippen molar-refractivity contribution in [1.29, 1.82) is 0 Å². The minimum atomic E-state index is 0.791. The zero-order valence-electron chi connectivity index (χ0n) is 16.0. The summed E-state index contributed by atoms with van der Waals surface area (Å²) in [5.74, 6) is 3.92. The smallest absolute Gasteiger partial charge is 0.0371 e. The molecular formula is C24H34N2. The van der Waals surface area contributed by atoms with Gasteiger partial charge in [-0.2, -0.15) is 0 Å². The van der Waals surface area contributed by atoms with Crippen LogP contribution in [0.3, 0.4) is 0 Å². The van der Waals surface area contributed by atoms with Gasteiger partial charge in [0.1, 0.15) is 0 Å². The van der Waals surface area contributed by atoms with Crippen LogP contribution in [0.1, 0.15) is 64.2 Å². The highest BCUT2D eigenvalue weighted by Gasteiger charge is 2.56. The molecule has 0 aromatic heterocycles. The molecule has 2 heteroatoms. The van der Waals surface area contributed by atoms with Gasteiger partial charge in [-0.25, -0.2) is 0 Å². The number of benzene rings is 1. The molecule has 5 aliphatic rings. The first kappa shape index (κ1) is 16.0. The Morgan fingerprint density at radius 1 is 0.654 bits per heavy atom. The van der Waals surface area contributed by atoms with Gasteiger partial charge >= 0.3 is 0 Å². The van der Waals surface area contributed by atoms with Crippen LogP contribution in [0.15, 0.2) is 30.3 Å². The van der Waals surface area contributed by atoms with Crippen molar-refractivity contribution in [2.75, 3.05) is 4.90 Å². The van der Waals surface area contributed by atoms with E-state index in [4.69, 9.17) is 0 Å². The van der Waals surface area contributed by atoms with Crippen LogP contribution in [0.2, 0.25) is 0 Å². The lowest BCUT2D eigenvalue weighted by atomic mass is 9.65. The SMILES string of the molecule is c1ccc(N2C3CCCCC3C3CC4C(CC32)NC2CCCCC24)cc1. The average Bonchev–Trinajstić information content (AvgIpc) is 3.22. The number of fused-ring (bicyclic) bond motifs is 6. The third kappa shape index (κ3) is 2.33. The second kappa shape index (κ2) is 6.26. The Morgan fingerprint density at radius 2 is 1.42 bits per heavy atom. The fourth-order valence-electron chi connectivity index (χ4n) is 8.06. The Kier molecular flexibility index (Phi) is 3.85. The van der Waals surface area contributed by atoms with Crippen LogP contribution in [-0.4, -0.2) is 24.2 Å². The maximum absolute atomic E-state index is 4.13. The molecule has 2 saturated heterocycles. The molecule has 1 aromatic carbocycles. The van der Waals surface area contributed by atoms with E-state index in [2.05, 4.69) is 40.5 Å². The first-order valence-corrected chi connectivity index (χ1v) is 11.5.